The van der Waals surface area contributed by atoms with Gasteiger partial charge in [0.15, 0.2) is 11.2 Å². The first kappa shape index (κ1) is 9.02. The molecule has 6 nitrogen and oxygen atoms in total. The normalized spacial score (nSPS) is 9.53. The summed E-state index contributed by atoms with van der Waals surface area (Å²) in [5.41, 5.74) is 0. The summed E-state index contributed by atoms with van der Waals surface area (Å²) < 4.78 is 10.1. The van der Waals surface area contributed by atoms with E-state index in [0.717, 1.165) is 0 Å². The van der Waals surface area contributed by atoms with Gasteiger partial charge in [0.25, 0.3) is 0 Å². The molecule has 1 aromatic carbocycles. The first-order valence-corrected chi connectivity index (χ1v) is 4.03. The Labute approximate surface area is 84.5 Å². The van der Waals surface area contributed by atoms with E-state index < -0.39 is 5.95 Å². The molecule has 0 aliphatic carbocycles. The highest BCUT2D eigenvalue weighted by Gasteiger charge is 2.15. The van der Waals surface area contributed by atoms with Crippen molar-refractivity contribution in [3.63, 3.8) is 0 Å². The Morgan fingerprint density at radius 2 is 2.13 bits per heavy atom. The van der Waals surface area contributed by atoms with Gasteiger partial charge in [-0.15, -0.1) is 0 Å². The zero-order chi connectivity index (χ0) is 10.7. The van der Waals surface area contributed by atoms with E-state index in [1.54, 1.807) is 36.5 Å². The fourth-order valence-electron chi connectivity index (χ4n) is 0.989. The average molecular weight is 203 g/mol. The fourth-order valence-corrected chi connectivity index (χ4v) is 0.989. The predicted octanol–water partition coefficient (Wildman–Crippen LogP) is 0.157. The molecule has 0 aliphatic heterocycles. The number of hydrogen-bond acceptors (Lipinski definition) is 5. The maximum absolute atomic E-state index is 11.1. The van der Waals surface area contributed by atoms with Gasteiger partial charge in [-0.25, -0.2) is 0 Å². The number of ether oxygens (including phenoxy) is 1. The maximum Gasteiger partial charge on any atom is 0.491 e. The minimum atomic E-state index is -0.791. The topological polar surface area (TPSA) is 86.0 Å². The van der Waals surface area contributed by atoms with E-state index in [1.807, 2.05) is 0 Å². The molecule has 0 saturated heterocycles. The van der Waals surface area contributed by atoms with Gasteiger partial charge < -0.3 is 14.4 Å². The zero-order valence-electron chi connectivity index (χ0n) is 7.45. The zero-order valence-corrected chi connectivity index (χ0v) is 7.45. The SMILES string of the molecule is N#C[n+]1noc([O-])c1Oc1ccccc1. The van der Waals surface area contributed by atoms with Crippen molar-refractivity contribution < 1.29 is 19.0 Å². The Kier molecular flexibility index (Phi) is 2.21. The second kappa shape index (κ2) is 3.67. The summed E-state index contributed by atoms with van der Waals surface area (Å²) in [6.07, 6.45) is 1.62. The second-order valence-electron chi connectivity index (χ2n) is 2.59. The second-order valence-corrected chi connectivity index (χ2v) is 2.59. The Hall–Kier alpha value is -2.55. The summed E-state index contributed by atoms with van der Waals surface area (Å²) in [4.78, 5) is 0. The van der Waals surface area contributed by atoms with E-state index >= 15 is 0 Å². The third kappa shape index (κ3) is 1.71. The fraction of sp³-hybridized carbons (Fsp3) is 0. The number of nitrogens with zero attached hydrogens (tertiary/aromatic N) is 3. The molecule has 0 bridgehead atoms. The van der Waals surface area contributed by atoms with Crippen molar-refractivity contribution in [2.24, 2.45) is 0 Å². The highest BCUT2D eigenvalue weighted by molar-refractivity contribution is 5.26. The van der Waals surface area contributed by atoms with Gasteiger partial charge in [0.05, 0.1) is 0 Å². The van der Waals surface area contributed by atoms with Crippen molar-refractivity contribution in [2.75, 3.05) is 0 Å². The van der Waals surface area contributed by atoms with Crippen LogP contribution >= 0.6 is 0 Å². The molecule has 6 heteroatoms. The van der Waals surface area contributed by atoms with Crippen LogP contribution in [-0.4, -0.2) is 5.27 Å². The lowest BCUT2D eigenvalue weighted by atomic mass is 10.3. The summed E-state index contributed by atoms with van der Waals surface area (Å²) in [5.74, 6) is -0.620. The van der Waals surface area contributed by atoms with E-state index in [4.69, 9.17) is 10.00 Å². The van der Waals surface area contributed by atoms with Crippen molar-refractivity contribution in [3.8, 4) is 23.8 Å². The molecule has 0 spiro atoms. The van der Waals surface area contributed by atoms with Gasteiger partial charge in [-0.1, -0.05) is 18.2 Å². The summed E-state index contributed by atoms with van der Waals surface area (Å²) in [5, 5.41) is 22.8. The quantitative estimate of drug-likeness (QED) is 0.649. The highest BCUT2D eigenvalue weighted by atomic mass is 16.6. The van der Waals surface area contributed by atoms with E-state index in [1.165, 1.54) is 0 Å². The number of aromatic nitrogens is 2. The summed E-state index contributed by atoms with van der Waals surface area (Å²) in [6.45, 7) is 0. The molecule has 0 fully saturated rings. The van der Waals surface area contributed by atoms with Gasteiger partial charge in [-0.3, -0.25) is 0 Å². The molecule has 0 saturated carbocycles. The Balaban J connectivity index is 2.33. The Bertz CT molecular complexity index is 501. The first-order valence-electron chi connectivity index (χ1n) is 4.03. The molecule has 0 aliphatic rings. The molecule has 0 atom stereocenters. The first-order chi connectivity index (χ1) is 7.31. The van der Waals surface area contributed by atoms with E-state index in [0.29, 0.717) is 10.4 Å². The van der Waals surface area contributed by atoms with Crippen LogP contribution in [0.2, 0.25) is 0 Å². The lowest BCUT2D eigenvalue weighted by Crippen LogP contribution is -2.30. The molecule has 0 radical (unpaired) electrons. The van der Waals surface area contributed by atoms with Crippen LogP contribution in [0.3, 0.4) is 0 Å². The molecule has 2 aromatic rings. The van der Waals surface area contributed by atoms with Crippen LogP contribution in [-0.2, 0) is 0 Å². The molecule has 0 N–H and O–H groups in total. The summed E-state index contributed by atoms with van der Waals surface area (Å²) in [6, 6.07) is 8.58. The van der Waals surface area contributed by atoms with E-state index in [2.05, 4.69) is 9.79 Å². The van der Waals surface area contributed by atoms with Crippen molar-refractivity contribution >= 4 is 0 Å². The van der Waals surface area contributed by atoms with Crippen molar-refractivity contribution in [3.05, 3.63) is 30.3 Å². The third-order valence-corrected chi connectivity index (χ3v) is 1.62. The van der Waals surface area contributed by atoms with Crippen LogP contribution < -0.4 is 14.5 Å². The van der Waals surface area contributed by atoms with Crippen LogP contribution in [0.25, 0.3) is 0 Å². The number of benzene rings is 1. The van der Waals surface area contributed by atoms with Gasteiger partial charge in [-0.05, 0) is 12.1 Å². The molecule has 0 unspecified atom stereocenters. The van der Waals surface area contributed by atoms with Crippen molar-refractivity contribution in [1.29, 1.82) is 5.26 Å². The highest BCUT2D eigenvalue weighted by Crippen LogP contribution is 2.23. The molecule has 1 aromatic heterocycles. The largest absolute Gasteiger partial charge is 0.538 e. The van der Waals surface area contributed by atoms with Gasteiger partial charge in [0.2, 0.25) is 0 Å². The van der Waals surface area contributed by atoms with Crippen LogP contribution in [0.15, 0.2) is 34.9 Å². The van der Waals surface area contributed by atoms with Gasteiger partial charge in [0, 0.05) is 9.95 Å². The maximum atomic E-state index is 11.1. The molecular weight excluding hydrogens is 198 g/mol. The van der Waals surface area contributed by atoms with E-state index in [9.17, 15) is 5.11 Å². The predicted molar refractivity (Wildman–Crippen MR) is 43.7 cm³/mol. The monoisotopic (exact) mass is 203 g/mol. The van der Waals surface area contributed by atoms with Gasteiger partial charge in [-0.2, -0.15) is 0 Å². The lowest BCUT2D eigenvalue weighted by Gasteiger charge is -2.00. The van der Waals surface area contributed by atoms with Crippen molar-refractivity contribution in [1.82, 2.24) is 5.27 Å². The molecule has 2 rings (SSSR count). The molecule has 1 heterocycles. The van der Waals surface area contributed by atoms with Gasteiger partial charge >= 0.3 is 12.1 Å². The van der Waals surface area contributed by atoms with E-state index in [-0.39, 0.29) is 5.88 Å². The van der Waals surface area contributed by atoms with Gasteiger partial charge in [0.1, 0.15) is 5.75 Å². The smallest absolute Gasteiger partial charge is 0.491 e. The summed E-state index contributed by atoms with van der Waals surface area (Å²) in [7, 11) is 0. The van der Waals surface area contributed by atoms with Crippen LogP contribution in [0.5, 0.6) is 17.6 Å². The Morgan fingerprint density at radius 3 is 2.80 bits per heavy atom. The van der Waals surface area contributed by atoms with Crippen LogP contribution in [0, 0.1) is 11.5 Å². The molecule has 74 valence electrons. The van der Waals surface area contributed by atoms with Crippen LogP contribution in [0.1, 0.15) is 0 Å². The lowest BCUT2D eigenvalue weighted by molar-refractivity contribution is -0.666. The number of rotatable bonds is 2. The minimum absolute atomic E-state index is 0.260. The average Bonchev–Trinajstić information content (AvgIpc) is 2.62. The van der Waals surface area contributed by atoms with Crippen LogP contribution in [0.4, 0.5) is 0 Å². The molecule has 15 heavy (non-hydrogen) atoms. The summed E-state index contributed by atoms with van der Waals surface area (Å²) >= 11 is 0. The Morgan fingerprint density at radius 1 is 1.40 bits per heavy atom. The third-order valence-electron chi connectivity index (χ3n) is 1.62. The minimum Gasteiger partial charge on any atom is -0.538 e. The van der Waals surface area contributed by atoms with Crippen molar-refractivity contribution in [2.45, 2.75) is 0 Å². The number of nitriles is 1. The number of para-hydroxylation sites is 1. The molecular formula is C9H5N3O3. The molecule has 0 amide bonds. The standard InChI is InChI=1S/C9H5N3O3/c10-6-12-8(9(13)15-11-12)14-7-4-2-1-3-5-7/h1-5H. The number of hydrogen-bond donors (Lipinski definition) is 0.